The molecule has 10 aromatic carbocycles. The van der Waals surface area contributed by atoms with Gasteiger partial charge in [-0.05, 0) is 135 Å². The molecule has 0 bridgehead atoms. The Morgan fingerprint density at radius 1 is 0.382 bits per heavy atom. The van der Waals surface area contributed by atoms with E-state index in [0.717, 1.165) is 79.0 Å². The van der Waals surface area contributed by atoms with Crippen LogP contribution in [0.25, 0.3) is 131 Å². The van der Waals surface area contributed by atoms with Crippen LogP contribution in [-0.2, 0) is 6.42 Å². The Hall–Kier alpha value is -8.45. The van der Waals surface area contributed by atoms with Crippen LogP contribution in [0.5, 0.6) is 0 Å². The van der Waals surface area contributed by atoms with E-state index in [1.807, 2.05) is 35.6 Å². The van der Waals surface area contributed by atoms with Gasteiger partial charge in [-0.25, -0.2) is 15.0 Å². The molecular weight excluding hydrogens is 851 g/mol. The molecule has 5 nitrogen and oxygen atoms in total. The van der Waals surface area contributed by atoms with E-state index in [9.17, 15) is 0 Å². The Kier molecular flexibility index (Phi) is 8.06. The molecule has 318 valence electrons. The van der Waals surface area contributed by atoms with Crippen molar-refractivity contribution >= 4 is 96.9 Å². The number of hydrogen-bond acceptors (Lipinski definition) is 6. The lowest BCUT2D eigenvalue weighted by molar-refractivity contribution is 0.665. The lowest BCUT2D eigenvalue weighted by Gasteiger charge is -2.23. The highest BCUT2D eigenvalue weighted by atomic mass is 32.1. The summed E-state index contributed by atoms with van der Waals surface area (Å²) in [5, 5.41) is 11.6. The van der Waals surface area contributed by atoms with Gasteiger partial charge >= 0.3 is 0 Å². The van der Waals surface area contributed by atoms with E-state index in [4.69, 9.17) is 23.8 Å². The number of nitrogens with zero attached hydrogens (tertiary/aromatic N) is 3. The number of thiophene rings is 1. The van der Waals surface area contributed by atoms with Gasteiger partial charge in [0.2, 0.25) is 0 Å². The average molecular weight is 888 g/mol. The average Bonchev–Trinajstić information content (AvgIpc) is 4.05. The maximum absolute atomic E-state index is 6.76. The first-order chi connectivity index (χ1) is 33.6. The molecule has 14 aromatic rings. The first kappa shape index (κ1) is 37.7. The quantitative estimate of drug-likeness (QED) is 0.176. The summed E-state index contributed by atoms with van der Waals surface area (Å²) in [6.45, 7) is 0. The van der Waals surface area contributed by atoms with Gasteiger partial charge in [-0.2, -0.15) is 0 Å². The molecule has 0 spiro atoms. The molecule has 1 aliphatic carbocycles. The van der Waals surface area contributed by atoms with Crippen LogP contribution in [-0.4, -0.2) is 15.0 Å². The van der Waals surface area contributed by atoms with Gasteiger partial charge in [0.05, 0.1) is 0 Å². The molecule has 6 heteroatoms. The molecule has 0 saturated carbocycles. The van der Waals surface area contributed by atoms with Gasteiger partial charge in [-0.15, -0.1) is 11.3 Å². The number of hydrogen-bond donors (Lipinski definition) is 0. The van der Waals surface area contributed by atoms with Crippen molar-refractivity contribution in [1.82, 2.24) is 15.0 Å². The van der Waals surface area contributed by atoms with Gasteiger partial charge < -0.3 is 8.83 Å². The second-order valence-electron chi connectivity index (χ2n) is 18.2. The standard InChI is InChI=1S/C62H37N3O2S/c1-2-13-37-30-47-38(29-36(37)12-1)22-26-46(59-41-14-4-3-11-35(41)21-25-45(47)59)48-34-56-50(43-16-6-9-19-54(43)67-56)33-52(48)62-64-60(39-23-27-55-49(31-39)42-15-5-8-18-53(42)66-55)63-61(65-62)40-24-28-58-51(32-40)44-17-7-10-20-57(44)68-58/h1-21,23-25,27-34,46H,22,26H2. The fourth-order valence-electron chi connectivity index (χ4n) is 11.2. The molecule has 4 aromatic heterocycles. The third kappa shape index (κ3) is 5.77. The first-order valence-electron chi connectivity index (χ1n) is 23.2. The third-order valence-corrected chi connectivity index (χ3v) is 15.5. The van der Waals surface area contributed by atoms with E-state index < -0.39 is 0 Å². The summed E-state index contributed by atoms with van der Waals surface area (Å²) in [4.78, 5) is 16.5. The van der Waals surface area contributed by atoms with Gasteiger partial charge in [0.25, 0.3) is 0 Å². The fraction of sp³-hybridized carbons (Fsp3) is 0.0484. The van der Waals surface area contributed by atoms with Crippen LogP contribution in [0.3, 0.4) is 0 Å². The van der Waals surface area contributed by atoms with Crippen LogP contribution >= 0.6 is 11.3 Å². The van der Waals surface area contributed by atoms with Gasteiger partial charge in [-0.1, -0.05) is 121 Å². The molecule has 0 radical (unpaired) electrons. The Labute approximate surface area is 393 Å². The van der Waals surface area contributed by atoms with E-state index >= 15 is 0 Å². The zero-order valence-corrected chi connectivity index (χ0v) is 37.3. The highest BCUT2D eigenvalue weighted by Crippen LogP contribution is 2.49. The minimum atomic E-state index is -0.0370. The summed E-state index contributed by atoms with van der Waals surface area (Å²) < 4.78 is 15.5. The Morgan fingerprint density at radius 3 is 1.76 bits per heavy atom. The van der Waals surface area contributed by atoms with Crippen molar-refractivity contribution in [3.8, 4) is 45.3 Å². The second kappa shape index (κ2) is 14.5. The predicted octanol–water partition coefficient (Wildman–Crippen LogP) is 17.1. The highest BCUT2D eigenvalue weighted by molar-refractivity contribution is 7.25. The topological polar surface area (TPSA) is 65.0 Å². The molecule has 1 atom stereocenters. The molecule has 4 heterocycles. The van der Waals surface area contributed by atoms with E-state index in [2.05, 4.69) is 170 Å². The molecule has 0 saturated heterocycles. The zero-order chi connectivity index (χ0) is 44.5. The van der Waals surface area contributed by atoms with Gasteiger partial charge in [-0.3, -0.25) is 0 Å². The molecule has 0 aliphatic heterocycles. The molecule has 15 rings (SSSR count). The molecule has 0 amide bonds. The maximum atomic E-state index is 6.76. The normalized spacial score (nSPS) is 13.9. The lowest BCUT2D eigenvalue weighted by atomic mass is 9.80. The third-order valence-electron chi connectivity index (χ3n) is 14.4. The summed E-state index contributed by atoms with van der Waals surface area (Å²) in [5.41, 5.74) is 12.5. The Bertz CT molecular complexity index is 4290. The van der Waals surface area contributed by atoms with E-state index in [1.165, 1.54) is 64.0 Å². The Balaban J connectivity index is 1.02. The fourth-order valence-corrected chi connectivity index (χ4v) is 12.2. The molecule has 1 unspecified atom stereocenters. The van der Waals surface area contributed by atoms with Crippen molar-refractivity contribution in [3.63, 3.8) is 0 Å². The van der Waals surface area contributed by atoms with E-state index in [0.29, 0.717) is 17.5 Å². The molecule has 68 heavy (non-hydrogen) atoms. The second-order valence-corrected chi connectivity index (χ2v) is 19.2. The Morgan fingerprint density at radius 2 is 0.971 bits per heavy atom. The van der Waals surface area contributed by atoms with Gasteiger partial charge in [0.15, 0.2) is 17.5 Å². The number of furan rings is 2. The smallest absolute Gasteiger partial charge is 0.164 e. The maximum Gasteiger partial charge on any atom is 0.164 e. The largest absolute Gasteiger partial charge is 0.456 e. The van der Waals surface area contributed by atoms with Gasteiger partial charge in [0, 0.05) is 64.3 Å². The summed E-state index contributed by atoms with van der Waals surface area (Å²) in [7, 11) is 0. The number of benzene rings is 10. The van der Waals surface area contributed by atoms with Crippen molar-refractivity contribution in [2.75, 3.05) is 0 Å². The number of aryl methyl sites for hydroxylation is 1. The van der Waals surface area contributed by atoms with Crippen LogP contribution in [0.15, 0.2) is 203 Å². The summed E-state index contributed by atoms with van der Waals surface area (Å²) in [6.07, 6.45) is 1.77. The van der Waals surface area contributed by atoms with Crippen molar-refractivity contribution in [1.29, 1.82) is 0 Å². The summed E-state index contributed by atoms with van der Waals surface area (Å²) in [6, 6.07) is 69.7. The molecule has 0 fully saturated rings. The van der Waals surface area contributed by atoms with E-state index in [1.54, 1.807) is 0 Å². The number of para-hydroxylation sites is 2. The number of aromatic nitrogens is 3. The van der Waals surface area contributed by atoms with Crippen molar-refractivity contribution < 1.29 is 8.83 Å². The van der Waals surface area contributed by atoms with Crippen molar-refractivity contribution in [3.05, 3.63) is 211 Å². The molecular formula is C62H37N3O2S. The van der Waals surface area contributed by atoms with Crippen molar-refractivity contribution in [2.45, 2.75) is 18.8 Å². The highest BCUT2D eigenvalue weighted by Gasteiger charge is 2.30. The number of rotatable bonds is 4. The number of fused-ring (bicyclic) bond motifs is 15. The first-order valence-corrected chi connectivity index (χ1v) is 24.1. The van der Waals surface area contributed by atoms with Crippen molar-refractivity contribution in [2.24, 2.45) is 0 Å². The lowest BCUT2D eigenvalue weighted by Crippen LogP contribution is -2.08. The van der Waals surface area contributed by atoms with Crippen LogP contribution in [0.4, 0.5) is 0 Å². The van der Waals surface area contributed by atoms with Crippen LogP contribution in [0.1, 0.15) is 29.0 Å². The minimum absolute atomic E-state index is 0.0370. The molecule has 0 N–H and O–H groups in total. The van der Waals surface area contributed by atoms with Crippen LogP contribution < -0.4 is 0 Å². The monoisotopic (exact) mass is 887 g/mol. The van der Waals surface area contributed by atoms with Crippen LogP contribution in [0.2, 0.25) is 0 Å². The van der Waals surface area contributed by atoms with E-state index in [-0.39, 0.29) is 5.92 Å². The minimum Gasteiger partial charge on any atom is -0.456 e. The predicted molar refractivity (Wildman–Crippen MR) is 281 cm³/mol. The zero-order valence-electron chi connectivity index (χ0n) is 36.5. The molecule has 1 aliphatic rings. The SMILES string of the molecule is c1ccc2cc3c(cc2c1)CCC(c1cc2oc4ccccc4c2cc1-c1nc(-c2ccc4oc5ccccc5c4c2)nc(-c2ccc4sc5ccccc5c4c2)n1)c1c-3ccc2ccccc12. The summed E-state index contributed by atoms with van der Waals surface area (Å²) >= 11 is 1.81. The van der Waals surface area contributed by atoms with Crippen LogP contribution in [0, 0.1) is 0 Å². The van der Waals surface area contributed by atoms with Gasteiger partial charge in [0.1, 0.15) is 22.3 Å². The summed E-state index contributed by atoms with van der Waals surface area (Å²) in [5.74, 6) is 1.80.